The van der Waals surface area contributed by atoms with E-state index in [4.69, 9.17) is 0 Å². The second-order valence-electron chi connectivity index (χ2n) is 4.87. The molecule has 0 atom stereocenters. The lowest BCUT2D eigenvalue weighted by atomic mass is 9.86. The number of hydrogen-bond donors (Lipinski definition) is 3. The average molecular weight is 306 g/mol. The molecule has 0 amide bonds. The Hall–Kier alpha value is -2.68. The molecule has 7 nitrogen and oxygen atoms in total. The van der Waals surface area contributed by atoms with E-state index in [-0.39, 0.29) is 18.4 Å². The fourth-order valence-corrected chi connectivity index (χ4v) is 2.31. The van der Waals surface area contributed by atoms with E-state index in [0.717, 1.165) is 12.1 Å². The van der Waals surface area contributed by atoms with Gasteiger partial charge in [0.2, 0.25) is 0 Å². The number of H-pyrrole nitrogens is 2. The van der Waals surface area contributed by atoms with Crippen LogP contribution in [0.3, 0.4) is 0 Å². The molecule has 0 unspecified atom stereocenters. The number of halogens is 2. The third kappa shape index (κ3) is 2.84. The summed E-state index contributed by atoms with van der Waals surface area (Å²) < 4.78 is 27.2. The molecule has 0 aliphatic carbocycles. The number of nitrogens with one attached hydrogen (secondary N) is 2. The number of hydrogen-bond acceptors (Lipinski definition) is 5. The largest absolute Gasteiger partial charge is 0.384 e. The van der Waals surface area contributed by atoms with Gasteiger partial charge in [-0.15, -0.1) is 0 Å². The van der Waals surface area contributed by atoms with Gasteiger partial charge in [-0.3, -0.25) is 10.2 Å². The Balaban J connectivity index is 2.01. The highest BCUT2D eigenvalue weighted by atomic mass is 19.1. The Morgan fingerprint density at radius 2 is 1.59 bits per heavy atom. The fraction of sp³-hybridized carbons (Fsp3) is 0.231. The van der Waals surface area contributed by atoms with Gasteiger partial charge in [0.05, 0.1) is 0 Å². The van der Waals surface area contributed by atoms with Crippen LogP contribution in [0.4, 0.5) is 8.78 Å². The third-order valence-corrected chi connectivity index (χ3v) is 3.28. The molecular formula is C13H12F2N6O. The molecule has 0 aliphatic rings. The molecule has 9 heteroatoms. The summed E-state index contributed by atoms with van der Waals surface area (Å²) in [6.07, 6.45) is 2.48. The molecule has 0 radical (unpaired) electrons. The van der Waals surface area contributed by atoms with Gasteiger partial charge in [0, 0.05) is 24.5 Å². The first-order chi connectivity index (χ1) is 10.6. The molecule has 3 N–H and O–H groups in total. The van der Waals surface area contributed by atoms with Gasteiger partial charge in [-0.05, 0) is 6.07 Å². The summed E-state index contributed by atoms with van der Waals surface area (Å²) in [5.41, 5.74) is -1.74. The van der Waals surface area contributed by atoms with Gasteiger partial charge in [-0.1, -0.05) is 6.07 Å². The highest BCUT2D eigenvalue weighted by Gasteiger charge is 2.35. The van der Waals surface area contributed by atoms with E-state index in [1.54, 1.807) is 0 Å². The van der Waals surface area contributed by atoms with Crippen molar-refractivity contribution in [1.82, 2.24) is 30.4 Å². The summed E-state index contributed by atoms with van der Waals surface area (Å²) in [7, 11) is 0. The van der Waals surface area contributed by atoms with Crippen LogP contribution >= 0.6 is 0 Å². The minimum absolute atomic E-state index is 0.0454. The Morgan fingerprint density at radius 1 is 1.00 bits per heavy atom. The summed E-state index contributed by atoms with van der Waals surface area (Å²) in [6, 6.07) is 3.02. The smallest absolute Gasteiger partial charge is 0.137 e. The van der Waals surface area contributed by atoms with Crippen molar-refractivity contribution in [2.45, 2.75) is 18.4 Å². The molecule has 0 aliphatic heterocycles. The second-order valence-corrected chi connectivity index (χ2v) is 4.87. The van der Waals surface area contributed by atoms with E-state index >= 15 is 0 Å². The lowest BCUT2D eigenvalue weighted by Gasteiger charge is -2.27. The molecule has 114 valence electrons. The average Bonchev–Trinajstić information content (AvgIpc) is 3.12. The molecule has 0 saturated heterocycles. The van der Waals surface area contributed by atoms with Gasteiger partial charge >= 0.3 is 0 Å². The van der Waals surface area contributed by atoms with Crippen molar-refractivity contribution in [1.29, 1.82) is 0 Å². The van der Waals surface area contributed by atoms with E-state index in [1.165, 1.54) is 18.7 Å². The molecule has 3 aromatic rings. The minimum Gasteiger partial charge on any atom is -0.384 e. The van der Waals surface area contributed by atoms with E-state index in [1.807, 2.05) is 0 Å². The molecule has 0 fully saturated rings. The number of aromatic amines is 2. The van der Waals surface area contributed by atoms with Crippen LogP contribution in [-0.4, -0.2) is 35.5 Å². The van der Waals surface area contributed by atoms with Crippen molar-refractivity contribution in [2.75, 3.05) is 0 Å². The molecule has 3 rings (SSSR count). The van der Waals surface area contributed by atoms with Crippen molar-refractivity contribution in [3.8, 4) is 0 Å². The van der Waals surface area contributed by atoms with Gasteiger partial charge in [0.15, 0.2) is 0 Å². The lowest BCUT2D eigenvalue weighted by molar-refractivity contribution is 0.0295. The van der Waals surface area contributed by atoms with Gasteiger partial charge in [0.1, 0.15) is 41.5 Å². The molecule has 0 bridgehead atoms. The Kier molecular flexibility index (Phi) is 3.63. The van der Waals surface area contributed by atoms with E-state index < -0.39 is 17.2 Å². The second kappa shape index (κ2) is 5.60. The van der Waals surface area contributed by atoms with Crippen molar-refractivity contribution in [3.05, 3.63) is 59.7 Å². The molecule has 0 spiro atoms. The lowest BCUT2D eigenvalue weighted by Crippen LogP contribution is -2.33. The predicted octanol–water partition coefficient (Wildman–Crippen LogP) is 0.874. The molecule has 22 heavy (non-hydrogen) atoms. The third-order valence-electron chi connectivity index (χ3n) is 3.28. The van der Waals surface area contributed by atoms with Crippen LogP contribution < -0.4 is 0 Å². The minimum atomic E-state index is -1.68. The molecule has 2 heterocycles. The van der Waals surface area contributed by atoms with E-state index in [2.05, 4.69) is 30.4 Å². The first-order valence-electron chi connectivity index (χ1n) is 6.43. The first-order valence-corrected chi connectivity index (χ1v) is 6.43. The molecular weight excluding hydrogens is 294 g/mol. The van der Waals surface area contributed by atoms with Crippen molar-refractivity contribution in [2.24, 2.45) is 0 Å². The summed E-state index contributed by atoms with van der Waals surface area (Å²) in [4.78, 5) is 7.87. The molecule has 0 saturated carbocycles. The quantitative estimate of drug-likeness (QED) is 0.649. The van der Waals surface area contributed by atoms with E-state index in [9.17, 15) is 13.9 Å². The zero-order valence-electron chi connectivity index (χ0n) is 11.3. The van der Waals surface area contributed by atoms with Crippen molar-refractivity contribution in [3.63, 3.8) is 0 Å². The highest BCUT2D eigenvalue weighted by molar-refractivity contribution is 5.27. The predicted molar refractivity (Wildman–Crippen MR) is 70.4 cm³/mol. The normalized spacial score (nSPS) is 11.8. The number of benzene rings is 1. The Morgan fingerprint density at radius 3 is 2.05 bits per heavy atom. The van der Waals surface area contributed by atoms with Gasteiger partial charge < -0.3 is 5.11 Å². The van der Waals surface area contributed by atoms with Crippen LogP contribution in [-0.2, 0) is 18.4 Å². The zero-order chi connectivity index (χ0) is 15.6. The Labute approximate surface area is 123 Å². The maximum atomic E-state index is 14.1. The van der Waals surface area contributed by atoms with Gasteiger partial charge in [0.25, 0.3) is 0 Å². The van der Waals surface area contributed by atoms with Crippen LogP contribution in [0.2, 0.25) is 0 Å². The topological polar surface area (TPSA) is 103 Å². The summed E-state index contributed by atoms with van der Waals surface area (Å²) in [5, 5.41) is 23.6. The number of nitrogens with zero attached hydrogens (tertiary/aromatic N) is 4. The standard InChI is InChI=1S/C13H12F2N6O/c14-8-1-2-9(10(15)3-8)13(22,4-11-16-6-18-20-11)5-12-17-7-19-21-12/h1-3,6-7,22H,4-5H2,(H,16,18,20)(H,17,19,21). The zero-order valence-corrected chi connectivity index (χ0v) is 11.3. The van der Waals surface area contributed by atoms with Crippen molar-refractivity contribution >= 4 is 0 Å². The maximum absolute atomic E-state index is 14.1. The van der Waals surface area contributed by atoms with Crippen LogP contribution in [0.25, 0.3) is 0 Å². The van der Waals surface area contributed by atoms with E-state index in [0.29, 0.717) is 11.6 Å². The molecule has 2 aromatic heterocycles. The Bertz CT molecular complexity index is 708. The van der Waals surface area contributed by atoms with Gasteiger partial charge in [-0.25, -0.2) is 18.7 Å². The fourth-order valence-electron chi connectivity index (χ4n) is 2.31. The first kappa shape index (κ1) is 14.3. The number of aliphatic hydroxyl groups is 1. The van der Waals surface area contributed by atoms with Crippen LogP contribution in [0.5, 0.6) is 0 Å². The monoisotopic (exact) mass is 306 g/mol. The highest BCUT2D eigenvalue weighted by Crippen LogP contribution is 2.30. The summed E-state index contributed by atoms with van der Waals surface area (Å²) in [5.74, 6) is -0.832. The number of rotatable bonds is 5. The SMILES string of the molecule is OC(Cc1ncn[nH]1)(Cc1ncn[nH]1)c1ccc(F)cc1F. The summed E-state index contributed by atoms with van der Waals surface area (Å²) in [6.45, 7) is 0. The maximum Gasteiger partial charge on any atom is 0.137 e. The number of aromatic nitrogens is 6. The molecule has 1 aromatic carbocycles. The van der Waals surface area contributed by atoms with Crippen LogP contribution in [0.15, 0.2) is 30.9 Å². The van der Waals surface area contributed by atoms with Crippen LogP contribution in [0.1, 0.15) is 17.2 Å². The van der Waals surface area contributed by atoms with Gasteiger partial charge in [-0.2, -0.15) is 10.2 Å². The van der Waals surface area contributed by atoms with Crippen LogP contribution in [0, 0.1) is 11.6 Å². The van der Waals surface area contributed by atoms with Crippen molar-refractivity contribution < 1.29 is 13.9 Å². The summed E-state index contributed by atoms with van der Waals surface area (Å²) >= 11 is 0.